The molecule has 0 bridgehead atoms. The average Bonchev–Trinajstić information content (AvgIpc) is 2.59. The van der Waals surface area contributed by atoms with Gasteiger partial charge in [-0.1, -0.05) is 18.2 Å². The molecule has 3 aromatic carbocycles. The van der Waals surface area contributed by atoms with Crippen LogP contribution in [0.4, 0.5) is 17.1 Å². The number of fused-ring (bicyclic) bond motifs is 1. The van der Waals surface area contributed by atoms with Crippen molar-refractivity contribution in [2.24, 2.45) is 10.2 Å². The van der Waals surface area contributed by atoms with Crippen molar-refractivity contribution in [3.05, 3.63) is 48.5 Å². The topological polar surface area (TPSA) is 180 Å². The number of hydrogen-bond acceptors (Lipinski definition) is 8. The quantitative estimate of drug-likeness (QED) is 0.281. The van der Waals surface area contributed by atoms with Gasteiger partial charge in [-0.3, -0.25) is 9.11 Å². The number of nitrogens with zero attached hydrogens (tertiary/aromatic N) is 2. The highest BCUT2D eigenvalue weighted by atomic mass is 32.2. The smallest absolute Gasteiger partial charge is 0.296 e. The molecule has 3 rings (SSSR count). The first-order valence-corrected chi connectivity index (χ1v) is 10.4. The first kappa shape index (κ1) is 19.7. The van der Waals surface area contributed by atoms with Crippen LogP contribution in [0.3, 0.4) is 0 Å². The van der Waals surface area contributed by atoms with Gasteiger partial charge in [0.2, 0.25) is 0 Å². The van der Waals surface area contributed by atoms with Crippen molar-refractivity contribution in [1.82, 2.24) is 0 Å². The van der Waals surface area contributed by atoms with Crippen LogP contribution in [0.2, 0.25) is 0 Å². The number of aromatic hydroxyl groups is 1. The molecular formula is C16H13N3O7S2. The largest absolute Gasteiger partial charge is 0.507 e. The number of phenolic OH excluding ortho intramolecular Hbond substituents is 1. The lowest BCUT2D eigenvalue weighted by atomic mass is 10.1. The maximum absolute atomic E-state index is 11.4. The predicted molar refractivity (Wildman–Crippen MR) is 100 cm³/mol. The van der Waals surface area contributed by atoms with Crippen LogP contribution in [-0.2, 0) is 20.2 Å². The van der Waals surface area contributed by atoms with Crippen LogP contribution in [0.5, 0.6) is 5.75 Å². The summed E-state index contributed by atoms with van der Waals surface area (Å²) in [6, 6.07) is 10.1. The molecule has 0 aromatic heterocycles. The second kappa shape index (κ2) is 6.83. The van der Waals surface area contributed by atoms with Gasteiger partial charge in [-0.05, 0) is 29.7 Å². The first-order chi connectivity index (χ1) is 13.0. The third-order valence-electron chi connectivity index (χ3n) is 3.79. The van der Waals surface area contributed by atoms with Crippen molar-refractivity contribution in [3.63, 3.8) is 0 Å². The summed E-state index contributed by atoms with van der Waals surface area (Å²) in [5.74, 6) is -0.502. The van der Waals surface area contributed by atoms with Gasteiger partial charge in [0, 0.05) is 11.5 Å². The molecule has 0 saturated carbocycles. The van der Waals surface area contributed by atoms with Crippen LogP contribution in [0.1, 0.15) is 0 Å². The van der Waals surface area contributed by atoms with E-state index in [9.17, 15) is 26.5 Å². The summed E-state index contributed by atoms with van der Waals surface area (Å²) in [5, 5.41) is 18.1. The fourth-order valence-electron chi connectivity index (χ4n) is 2.54. The Morgan fingerprint density at radius 2 is 1.46 bits per heavy atom. The molecule has 5 N–H and O–H groups in total. The van der Waals surface area contributed by atoms with Crippen molar-refractivity contribution >= 4 is 48.1 Å². The van der Waals surface area contributed by atoms with Gasteiger partial charge < -0.3 is 10.8 Å². The van der Waals surface area contributed by atoms with Gasteiger partial charge in [-0.15, -0.1) is 10.2 Å². The zero-order valence-corrected chi connectivity index (χ0v) is 15.5. The average molecular weight is 423 g/mol. The van der Waals surface area contributed by atoms with Crippen LogP contribution in [0.25, 0.3) is 10.8 Å². The maximum atomic E-state index is 11.4. The fourth-order valence-corrected chi connectivity index (χ4v) is 3.70. The van der Waals surface area contributed by atoms with E-state index < -0.39 is 35.8 Å². The lowest BCUT2D eigenvalue weighted by molar-refractivity contribution is 0.471. The van der Waals surface area contributed by atoms with E-state index in [1.165, 1.54) is 30.3 Å². The second-order valence-electron chi connectivity index (χ2n) is 5.66. The molecule has 0 aliphatic heterocycles. The summed E-state index contributed by atoms with van der Waals surface area (Å²) in [6.45, 7) is 0. The number of phenols is 1. The highest BCUT2D eigenvalue weighted by Crippen LogP contribution is 2.39. The molecule has 146 valence electrons. The Balaban J connectivity index is 2.13. The molecule has 0 spiro atoms. The van der Waals surface area contributed by atoms with Crippen LogP contribution >= 0.6 is 0 Å². The summed E-state index contributed by atoms with van der Waals surface area (Å²) in [7, 11) is -9.04. The molecule has 3 aromatic rings. The fraction of sp³-hybridized carbons (Fsp3) is 0. The van der Waals surface area contributed by atoms with Crippen molar-refractivity contribution in [3.8, 4) is 5.75 Å². The van der Waals surface area contributed by atoms with Crippen molar-refractivity contribution in [2.75, 3.05) is 5.73 Å². The molecule has 0 atom stereocenters. The van der Waals surface area contributed by atoms with E-state index in [0.717, 1.165) is 18.2 Å². The number of nitrogens with two attached hydrogens (primary N) is 1. The monoisotopic (exact) mass is 423 g/mol. The third kappa shape index (κ3) is 3.80. The number of rotatable bonds is 4. The number of nitrogen functional groups attached to an aromatic ring is 1. The summed E-state index contributed by atoms with van der Waals surface area (Å²) < 4.78 is 63.7. The van der Waals surface area contributed by atoms with Gasteiger partial charge in [-0.2, -0.15) is 16.8 Å². The molecule has 0 radical (unpaired) electrons. The van der Waals surface area contributed by atoms with Crippen molar-refractivity contribution in [2.45, 2.75) is 9.79 Å². The molecule has 12 heteroatoms. The van der Waals surface area contributed by atoms with E-state index in [4.69, 9.17) is 10.3 Å². The number of benzene rings is 3. The molecule has 0 amide bonds. The van der Waals surface area contributed by atoms with E-state index in [2.05, 4.69) is 10.2 Å². The number of anilines is 1. The minimum Gasteiger partial charge on any atom is -0.507 e. The molecule has 0 aliphatic rings. The van der Waals surface area contributed by atoms with Gasteiger partial charge in [0.15, 0.2) is 0 Å². The Hall–Kier alpha value is -3.06. The summed E-state index contributed by atoms with van der Waals surface area (Å²) in [4.78, 5) is -0.952. The molecule has 0 fully saturated rings. The van der Waals surface area contributed by atoms with Crippen LogP contribution in [0, 0.1) is 0 Å². The van der Waals surface area contributed by atoms with E-state index in [-0.39, 0.29) is 27.8 Å². The zero-order chi connectivity index (χ0) is 20.7. The van der Waals surface area contributed by atoms with Crippen molar-refractivity contribution < 1.29 is 31.0 Å². The van der Waals surface area contributed by atoms with Gasteiger partial charge in [0.25, 0.3) is 20.2 Å². The Morgan fingerprint density at radius 3 is 2.11 bits per heavy atom. The molecule has 0 heterocycles. The van der Waals surface area contributed by atoms with Gasteiger partial charge in [0.1, 0.15) is 22.0 Å². The highest BCUT2D eigenvalue weighted by Gasteiger charge is 2.17. The third-order valence-corrected chi connectivity index (χ3v) is 5.53. The highest BCUT2D eigenvalue weighted by molar-refractivity contribution is 7.86. The van der Waals surface area contributed by atoms with E-state index in [1.54, 1.807) is 0 Å². The summed E-state index contributed by atoms with van der Waals surface area (Å²) >= 11 is 0. The zero-order valence-electron chi connectivity index (χ0n) is 13.9. The Morgan fingerprint density at radius 1 is 0.821 bits per heavy atom. The van der Waals surface area contributed by atoms with Gasteiger partial charge >= 0.3 is 0 Å². The Bertz CT molecular complexity index is 1330. The minimum atomic E-state index is -4.53. The normalized spacial score (nSPS) is 12.6. The Kier molecular flexibility index (Phi) is 4.81. The van der Waals surface area contributed by atoms with Crippen molar-refractivity contribution in [1.29, 1.82) is 0 Å². The predicted octanol–water partition coefficient (Wildman–Crippen LogP) is 3.04. The standard InChI is InChI=1S/C16H13N3O7S2/c17-16-12(19-18-11-3-1-2-4-14(11)28(24,25)26)6-5-9-7-10(27(21,22)23)8-13(20)15(9)16/h1-8,20H,17H2,(H,21,22,23)(H,24,25,26). The van der Waals surface area contributed by atoms with E-state index >= 15 is 0 Å². The van der Waals surface area contributed by atoms with Gasteiger partial charge in [-0.25, -0.2) is 0 Å². The second-order valence-corrected chi connectivity index (χ2v) is 8.47. The van der Waals surface area contributed by atoms with Crippen LogP contribution < -0.4 is 5.73 Å². The lowest BCUT2D eigenvalue weighted by Crippen LogP contribution is -1.98. The van der Waals surface area contributed by atoms with E-state index in [0.29, 0.717) is 0 Å². The SMILES string of the molecule is Nc1c(N=Nc2ccccc2S(=O)(=O)O)ccc2cc(S(=O)(=O)O)cc(O)c12. The molecular weight excluding hydrogens is 410 g/mol. The summed E-state index contributed by atoms with van der Waals surface area (Å²) in [6.07, 6.45) is 0. The lowest BCUT2D eigenvalue weighted by Gasteiger charge is -2.09. The Labute approximate surface area is 159 Å². The number of azo groups is 1. The molecule has 0 aliphatic carbocycles. The molecule has 0 saturated heterocycles. The molecule has 10 nitrogen and oxygen atoms in total. The van der Waals surface area contributed by atoms with Crippen LogP contribution in [0.15, 0.2) is 68.6 Å². The molecule has 28 heavy (non-hydrogen) atoms. The first-order valence-electron chi connectivity index (χ1n) is 7.49. The van der Waals surface area contributed by atoms with Gasteiger partial charge in [0.05, 0.1) is 10.6 Å². The maximum Gasteiger partial charge on any atom is 0.296 e. The minimum absolute atomic E-state index is 0.0509. The van der Waals surface area contributed by atoms with E-state index in [1.807, 2.05) is 0 Å². The summed E-state index contributed by atoms with van der Waals surface area (Å²) in [5.41, 5.74) is 5.86. The van der Waals surface area contributed by atoms with Crippen LogP contribution in [-0.4, -0.2) is 31.0 Å². The molecule has 0 unspecified atom stereocenters. The number of hydrogen-bond donors (Lipinski definition) is 4.